The van der Waals surface area contributed by atoms with Gasteiger partial charge in [-0.15, -0.1) is 0 Å². The van der Waals surface area contributed by atoms with Crippen molar-refractivity contribution in [1.82, 2.24) is 10.3 Å². The Kier molecular flexibility index (Phi) is 3.56. The highest BCUT2D eigenvalue weighted by molar-refractivity contribution is 6.03. The van der Waals surface area contributed by atoms with Gasteiger partial charge in [0.05, 0.1) is 0 Å². The van der Waals surface area contributed by atoms with E-state index in [9.17, 15) is 9.59 Å². The SMILES string of the molecule is CC(=O)Nc1ccc(NC(=O)c2nonc2C)cc1. The molecule has 0 saturated heterocycles. The number of carbonyl (C=O) groups is 2. The second-order valence-corrected chi connectivity index (χ2v) is 3.91. The van der Waals surface area contributed by atoms with Crippen LogP contribution in [0.5, 0.6) is 0 Å². The van der Waals surface area contributed by atoms with E-state index in [-0.39, 0.29) is 11.6 Å². The molecule has 2 N–H and O–H groups in total. The van der Waals surface area contributed by atoms with Crippen molar-refractivity contribution in [2.45, 2.75) is 13.8 Å². The number of anilines is 2. The van der Waals surface area contributed by atoms with E-state index in [2.05, 4.69) is 25.6 Å². The third kappa shape index (κ3) is 3.15. The monoisotopic (exact) mass is 260 g/mol. The molecule has 0 spiro atoms. The molecule has 0 unspecified atom stereocenters. The van der Waals surface area contributed by atoms with Crippen LogP contribution < -0.4 is 10.6 Å². The first-order chi connectivity index (χ1) is 9.06. The van der Waals surface area contributed by atoms with Crippen LogP contribution in [0.25, 0.3) is 0 Å². The molecule has 0 atom stereocenters. The minimum atomic E-state index is -0.397. The van der Waals surface area contributed by atoms with E-state index >= 15 is 0 Å². The molecule has 0 saturated carbocycles. The lowest BCUT2D eigenvalue weighted by atomic mass is 10.2. The highest BCUT2D eigenvalue weighted by Crippen LogP contribution is 2.14. The number of hydrogen-bond acceptors (Lipinski definition) is 5. The van der Waals surface area contributed by atoms with E-state index in [0.717, 1.165) is 0 Å². The van der Waals surface area contributed by atoms with Gasteiger partial charge in [0.25, 0.3) is 5.91 Å². The van der Waals surface area contributed by atoms with Crippen molar-refractivity contribution >= 4 is 23.2 Å². The Morgan fingerprint density at radius 2 is 1.63 bits per heavy atom. The summed E-state index contributed by atoms with van der Waals surface area (Å²) in [6.07, 6.45) is 0. The third-order valence-electron chi connectivity index (χ3n) is 2.33. The number of rotatable bonds is 3. The van der Waals surface area contributed by atoms with Crippen LogP contribution in [0, 0.1) is 6.92 Å². The first-order valence-corrected chi connectivity index (χ1v) is 5.54. The van der Waals surface area contributed by atoms with Gasteiger partial charge >= 0.3 is 0 Å². The van der Waals surface area contributed by atoms with E-state index in [1.54, 1.807) is 31.2 Å². The number of carbonyl (C=O) groups excluding carboxylic acids is 2. The molecule has 98 valence electrons. The molecule has 0 aliphatic carbocycles. The minimum Gasteiger partial charge on any atom is -0.326 e. The maximum atomic E-state index is 11.8. The predicted octanol–water partition coefficient (Wildman–Crippen LogP) is 1.59. The van der Waals surface area contributed by atoms with Gasteiger partial charge in [0, 0.05) is 18.3 Å². The van der Waals surface area contributed by atoms with Crippen LogP contribution in [-0.2, 0) is 4.79 Å². The molecule has 0 fully saturated rings. The van der Waals surface area contributed by atoms with Crippen LogP contribution >= 0.6 is 0 Å². The largest absolute Gasteiger partial charge is 0.326 e. The Bertz CT molecular complexity index is 604. The van der Waals surface area contributed by atoms with Gasteiger partial charge in [-0.05, 0) is 36.3 Å². The zero-order valence-electron chi connectivity index (χ0n) is 10.4. The van der Waals surface area contributed by atoms with Crippen molar-refractivity contribution in [3.8, 4) is 0 Å². The summed E-state index contributed by atoms with van der Waals surface area (Å²) in [6, 6.07) is 6.72. The highest BCUT2D eigenvalue weighted by Gasteiger charge is 2.14. The maximum absolute atomic E-state index is 11.8. The minimum absolute atomic E-state index is 0.144. The zero-order chi connectivity index (χ0) is 13.8. The van der Waals surface area contributed by atoms with Crippen molar-refractivity contribution in [3.05, 3.63) is 35.7 Å². The molecular formula is C12H12N4O3. The molecule has 0 aliphatic heterocycles. The van der Waals surface area contributed by atoms with Crippen molar-refractivity contribution < 1.29 is 14.2 Å². The van der Waals surface area contributed by atoms with Gasteiger partial charge in [-0.25, -0.2) is 4.63 Å². The van der Waals surface area contributed by atoms with Crippen LogP contribution in [0.4, 0.5) is 11.4 Å². The number of nitrogens with one attached hydrogen (secondary N) is 2. The Morgan fingerprint density at radius 1 is 1.05 bits per heavy atom. The normalized spacial score (nSPS) is 10.0. The first kappa shape index (κ1) is 12.7. The van der Waals surface area contributed by atoms with Crippen molar-refractivity contribution in [2.75, 3.05) is 10.6 Å². The van der Waals surface area contributed by atoms with E-state index in [1.807, 2.05) is 0 Å². The van der Waals surface area contributed by atoms with E-state index in [1.165, 1.54) is 6.92 Å². The predicted molar refractivity (Wildman–Crippen MR) is 67.7 cm³/mol. The fourth-order valence-corrected chi connectivity index (χ4v) is 1.47. The molecular weight excluding hydrogens is 248 g/mol. The fourth-order valence-electron chi connectivity index (χ4n) is 1.47. The molecule has 7 heteroatoms. The topological polar surface area (TPSA) is 97.1 Å². The Hall–Kier alpha value is -2.70. The number of aryl methyl sites for hydroxylation is 1. The summed E-state index contributed by atoms with van der Waals surface area (Å²) in [5.41, 5.74) is 1.81. The number of benzene rings is 1. The van der Waals surface area contributed by atoms with Gasteiger partial charge in [-0.3, -0.25) is 9.59 Å². The number of nitrogens with zero attached hydrogens (tertiary/aromatic N) is 2. The maximum Gasteiger partial charge on any atom is 0.279 e. The second kappa shape index (κ2) is 5.30. The summed E-state index contributed by atoms with van der Waals surface area (Å²) in [5, 5.41) is 12.3. The molecule has 2 rings (SSSR count). The van der Waals surface area contributed by atoms with Gasteiger partial charge in [0.2, 0.25) is 5.91 Å². The Balaban J connectivity index is 2.06. The summed E-state index contributed by atoms with van der Waals surface area (Å²) >= 11 is 0. The van der Waals surface area contributed by atoms with E-state index in [0.29, 0.717) is 17.1 Å². The summed E-state index contributed by atoms with van der Waals surface area (Å²) in [5.74, 6) is -0.549. The van der Waals surface area contributed by atoms with Gasteiger partial charge in [-0.2, -0.15) is 0 Å². The molecule has 1 heterocycles. The molecule has 1 aromatic heterocycles. The van der Waals surface area contributed by atoms with Crippen molar-refractivity contribution in [2.24, 2.45) is 0 Å². The third-order valence-corrected chi connectivity index (χ3v) is 2.33. The van der Waals surface area contributed by atoms with Gasteiger partial charge in [0.15, 0.2) is 5.69 Å². The number of aromatic nitrogens is 2. The van der Waals surface area contributed by atoms with Crippen molar-refractivity contribution in [3.63, 3.8) is 0 Å². The molecule has 1 aromatic carbocycles. The zero-order valence-corrected chi connectivity index (χ0v) is 10.4. The molecule has 19 heavy (non-hydrogen) atoms. The lowest BCUT2D eigenvalue weighted by Crippen LogP contribution is -2.13. The molecule has 2 amide bonds. The summed E-state index contributed by atoms with van der Waals surface area (Å²) in [7, 11) is 0. The fraction of sp³-hybridized carbons (Fsp3) is 0.167. The average molecular weight is 260 g/mol. The number of amides is 2. The first-order valence-electron chi connectivity index (χ1n) is 5.54. The standard InChI is InChI=1S/C12H12N4O3/c1-7-11(16-19-15-7)12(18)14-10-5-3-9(4-6-10)13-8(2)17/h3-6H,1-2H3,(H,13,17)(H,14,18). The molecule has 0 radical (unpaired) electrons. The van der Waals surface area contributed by atoms with Crippen LogP contribution in [0.15, 0.2) is 28.9 Å². The summed E-state index contributed by atoms with van der Waals surface area (Å²) < 4.78 is 4.46. The van der Waals surface area contributed by atoms with Crippen LogP contribution in [0.3, 0.4) is 0 Å². The lowest BCUT2D eigenvalue weighted by Gasteiger charge is -2.05. The van der Waals surface area contributed by atoms with Gasteiger partial charge in [0.1, 0.15) is 5.69 Å². The summed E-state index contributed by atoms with van der Waals surface area (Å²) in [6.45, 7) is 3.06. The molecule has 2 aromatic rings. The Morgan fingerprint density at radius 3 is 2.11 bits per heavy atom. The smallest absolute Gasteiger partial charge is 0.279 e. The number of hydrogen-bond donors (Lipinski definition) is 2. The quantitative estimate of drug-likeness (QED) is 0.873. The summed E-state index contributed by atoms with van der Waals surface area (Å²) in [4.78, 5) is 22.7. The molecule has 7 nitrogen and oxygen atoms in total. The highest BCUT2D eigenvalue weighted by atomic mass is 16.6. The lowest BCUT2D eigenvalue weighted by molar-refractivity contribution is -0.114. The van der Waals surface area contributed by atoms with Gasteiger partial charge in [-0.1, -0.05) is 5.16 Å². The van der Waals surface area contributed by atoms with E-state index in [4.69, 9.17) is 0 Å². The Labute approximate surface area is 109 Å². The van der Waals surface area contributed by atoms with Crippen LogP contribution in [-0.4, -0.2) is 22.1 Å². The average Bonchev–Trinajstić information content (AvgIpc) is 2.77. The van der Waals surface area contributed by atoms with Gasteiger partial charge < -0.3 is 10.6 Å². The van der Waals surface area contributed by atoms with Crippen molar-refractivity contribution in [1.29, 1.82) is 0 Å². The second-order valence-electron chi connectivity index (χ2n) is 3.91. The molecule has 0 aliphatic rings. The van der Waals surface area contributed by atoms with Crippen LogP contribution in [0.1, 0.15) is 23.1 Å². The van der Waals surface area contributed by atoms with Crippen LogP contribution in [0.2, 0.25) is 0 Å². The molecule has 0 bridgehead atoms. The van der Waals surface area contributed by atoms with E-state index < -0.39 is 5.91 Å².